The van der Waals surface area contributed by atoms with Crippen molar-refractivity contribution in [2.45, 2.75) is 40.8 Å². The number of carbonyl (C=O) groups excluding carboxylic acids is 1. The second-order valence-electron chi connectivity index (χ2n) is 8.21. The van der Waals surface area contributed by atoms with Crippen LogP contribution in [0.4, 0.5) is 5.69 Å². The van der Waals surface area contributed by atoms with Crippen LogP contribution < -0.4 is 5.32 Å². The summed E-state index contributed by atoms with van der Waals surface area (Å²) in [6.45, 7) is 8.00. The fraction of sp³-hybridized carbons (Fsp3) is 0.240. The number of rotatable bonds is 7. The van der Waals surface area contributed by atoms with Crippen LogP contribution in [0, 0.1) is 37.8 Å². The van der Waals surface area contributed by atoms with E-state index in [1.54, 1.807) is 30.7 Å². The Morgan fingerprint density at radius 2 is 1.62 bits per heavy atom. The molecule has 0 unspecified atom stereocenters. The van der Waals surface area contributed by atoms with Crippen molar-refractivity contribution in [2.75, 3.05) is 0 Å². The topological polar surface area (TPSA) is 108 Å². The molecule has 1 amide bonds. The average molecular weight is 459 g/mol. The zero-order chi connectivity index (χ0) is 24.4. The van der Waals surface area contributed by atoms with Crippen molar-refractivity contribution < 1.29 is 9.72 Å². The molecule has 9 nitrogen and oxygen atoms in total. The molecule has 0 saturated heterocycles. The molecule has 4 aromatic rings. The van der Waals surface area contributed by atoms with Gasteiger partial charge in [0.15, 0.2) is 0 Å². The third-order valence-corrected chi connectivity index (χ3v) is 5.94. The van der Waals surface area contributed by atoms with Crippen molar-refractivity contribution in [3.8, 4) is 5.69 Å². The largest absolute Gasteiger partial charge is 0.348 e. The number of para-hydroxylation sites is 1. The Morgan fingerprint density at radius 3 is 2.24 bits per heavy atom. The first-order chi connectivity index (χ1) is 16.3. The smallest absolute Gasteiger partial charge is 0.312 e. The van der Waals surface area contributed by atoms with Crippen molar-refractivity contribution in [1.29, 1.82) is 0 Å². The van der Waals surface area contributed by atoms with Gasteiger partial charge in [0.1, 0.15) is 11.4 Å². The van der Waals surface area contributed by atoms with Gasteiger partial charge in [0, 0.05) is 23.4 Å². The molecular formula is C25H26N6O3. The molecule has 0 atom stereocenters. The summed E-state index contributed by atoms with van der Waals surface area (Å²) in [4.78, 5) is 23.5. The number of nitrogens with one attached hydrogen (secondary N) is 1. The van der Waals surface area contributed by atoms with Gasteiger partial charge in [-0.05, 0) is 57.5 Å². The van der Waals surface area contributed by atoms with Crippen LogP contribution in [0.1, 0.15) is 44.3 Å². The second-order valence-corrected chi connectivity index (χ2v) is 8.21. The third kappa shape index (κ3) is 4.45. The molecule has 0 saturated carbocycles. The van der Waals surface area contributed by atoms with Crippen LogP contribution in [0.2, 0.25) is 0 Å². The summed E-state index contributed by atoms with van der Waals surface area (Å²) in [5, 5.41) is 23.1. The summed E-state index contributed by atoms with van der Waals surface area (Å²) in [6.07, 6.45) is 0. The summed E-state index contributed by atoms with van der Waals surface area (Å²) in [6, 6.07) is 17.0. The molecule has 0 aliphatic carbocycles. The Kier molecular flexibility index (Phi) is 6.27. The number of hydrogen-bond donors (Lipinski definition) is 1. The lowest BCUT2D eigenvalue weighted by molar-refractivity contribution is -0.386. The Bertz CT molecular complexity index is 1350. The maximum atomic E-state index is 12.7. The quantitative estimate of drug-likeness (QED) is 0.330. The minimum Gasteiger partial charge on any atom is -0.348 e. The van der Waals surface area contributed by atoms with Crippen molar-refractivity contribution in [2.24, 2.45) is 0 Å². The monoisotopic (exact) mass is 458 g/mol. The zero-order valence-electron chi connectivity index (χ0n) is 19.6. The molecule has 0 aliphatic heterocycles. The molecule has 9 heteroatoms. The molecule has 0 fully saturated rings. The lowest BCUT2D eigenvalue weighted by Crippen LogP contribution is -2.23. The molecule has 0 bridgehead atoms. The van der Waals surface area contributed by atoms with Gasteiger partial charge in [-0.15, -0.1) is 0 Å². The molecular weight excluding hydrogens is 432 g/mol. The lowest BCUT2D eigenvalue weighted by atomic mass is 10.1. The van der Waals surface area contributed by atoms with E-state index in [4.69, 9.17) is 0 Å². The Balaban J connectivity index is 1.43. The van der Waals surface area contributed by atoms with Gasteiger partial charge >= 0.3 is 5.69 Å². The van der Waals surface area contributed by atoms with E-state index in [1.807, 2.05) is 61.0 Å². The highest BCUT2D eigenvalue weighted by atomic mass is 16.6. The van der Waals surface area contributed by atoms with Gasteiger partial charge in [0.25, 0.3) is 5.91 Å². The molecule has 34 heavy (non-hydrogen) atoms. The predicted octanol–water partition coefficient (Wildman–Crippen LogP) is 4.19. The Morgan fingerprint density at radius 1 is 0.941 bits per heavy atom. The minimum atomic E-state index is -0.408. The average Bonchev–Trinajstić information content (AvgIpc) is 3.26. The molecule has 0 spiro atoms. The van der Waals surface area contributed by atoms with Gasteiger partial charge < -0.3 is 5.32 Å². The van der Waals surface area contributed by atoms with Crippen LogP contribution in [0.25, 0.3) is 5.69 Å². The van der Waals surface area contributed by atoms with Crippen molar-refractivity contribution >= 4 is 11.6 Å². The van der Waals surface area contributed by atoms with Crippen molar-refractivity contribution in [1.82, 2.24) is 24.9 Å². The number of nitrogens with zero attached hydrogens (tertiary/aromatic N) is 5. The maximum Gasteiger partial charge on any atom is 0.312 e. The van der Waals surface area contributed by atoms with Crippen LogP contribution in [-0.4, -0.2) is 30.4 Å². The first kappa shape index (κ1) is 22.9. The zero-order valence-corrected chi connectivity index (χ0v) is 19.6. The van der Waals surface area contributed by atoms with Crippen molar-refractivity contribution in [3.63, 3.8) is 0 Å². The van der Waals surface area contributed by atoms with E-state index >= 15 is 0 Å². The summed E-state index contributed by atoms with van der Waals surface area (Å²) < 4.78 is 3.49. The summed E-state index contributed by atoms with van der Waals surface area (Å²) >= 11 is 0. The van der Waals surface area contributed by atoms with Crippen molar-refractivity contribution in [3.05, 3.63) is 104 Å². The Labute approximate surface area is 197 Å². The number of aryl methyl sites for hydroxylation is 2. The van der Waals surface area contributed by atoms with Crippen LogP contribution in [0.15, 0.2) is 54.6 Å². The van der Waals surface area contributed by atoms with E-state index in [0.717, 1.165) is 28.2 Å². The second kappa shape index (κ2) is 9.30. The molecule has 0 radical (unpaired) electrons. The molecule has 2 heterocycles. The summed E-state index contributed by atoms with van der Waals surface area (Å²) in [5.74, 6) is -0.181. The number of amides is 1. The number of aromatic nitrogens is 4. The van der Waals surface area contributed by atoms with E-state index < -0.39 is 4.92 Å². The van der Waals surface area contributed by atoms with E-state index in [1.165, 1.54) is 0 Å². The van der Waals surface area contributed by atoms with E-state index in [9.17, 15) is 14.9 Å². The number of hydrogen-bond acceptors (Lipinski definition) is 5. The number of nitro groups is 1. The molecule has 1 N–H and O–H groups in total. The lowest BCUT2D eigenvalue weighted by Gasteiger charge is -2.08. The summed E-state index contributed by atoms with van der Waals surface area (Å²) in [5.41, 5.74) is 6.18. The highest BCUT2D eigenvalue weighted by Gasteiger charge is 2.21. The van der Waals surface area contributed by atoms with Crippen LogP contribution >= 0.6 is 0 Å². The highest BCUT2D eigenvalue weighted by Crippen LogP contribution is 2.23. The van der Waals surface area contributed by atoms with Gasteiger partial charge in [0.05, 0.1) is 22.8 Å². The van der Waals surface area contributed by atoms with Crippen LogP contribution in [0.3, 0.4) is 0 Å². The highest BCUT2D eigenvalue weighted by molar-refractivity contribution is 5.94. The van der Waals surface area contributed by atoms with Crippen LogP contribution in [0.5, 0.6) is 0 Å². The van der Waals surface area contributed by atoms with Gasteiger partial charge in [-0.2, -0.15) is 10.2 Å². The van der Waals surface area contributed by atoms with E-state index in [0.29, 0.717) is 30.0 Å². The normalized spacial score (nSPS) is 10.9. The SMILES string of the molecule is Cc1nn(-c2ccccc2)c(C)c1CNC(=O)c1ccc(Cn2nc(C)c([N+](=O)[O-])c2C)cc1. The Hall–Kier alpha value is -4.27. The van der Waals surface area contributed by atoms with Gasteiger partial charge in [-0.25, -0.2) is 4.68 Å². The molecule has 0 aliphatic rings. The molecule has 2 aromatic heterocycles. The van der Waals surface area contributed by atoms with Crippen LogP contribution in [-0.2, 0) is 13.1 Å². The fourth-order valence-corrected chi connectivity index (χ4v) is 4.06. The number of benzene rings is 2. The predicted molar refractivity (Wildman–Crippen MR) is 128 cm³/mol. The molecule has 4 rings (SSSR count). The summed E-state index contributed by atoms with van der Waals surface area (Å²) in [7, 11) is 0. The third-order valence-electron chi connectivity index (χ3n) is 5.94. The molecule has 2 aromatic carbocycles. The standard InChI is InChI=1S/C25H26N6O3/c1-16-23(18(3)30(28-16)22-8-6-5-7-9-22)14-26-25(32)21-12-10-20(11-13-21)15-29-19(4)24(31(33)34)17(2)27-29/h5-13H,14-15H2,1-4H3,(H,26,32). The van der Waals surface area contributed by atoms with E-state index in [2.05, 4.69) is 15.5 Å². The van der Waals surface area contributed by atoms with E-state index in [-0.39, 0.29) is 11.6 Å². The minimum absolute atomic E-state index is 0.0390. The first-order valence-electron chi connectivity index (χ1n) is 10.9. The fourth-order valence-electron chi connectivity index (χ4n) is 4.06. The maximum absolute atomic E-state index is 12.7. The van der Waals surface area contributed by atoms with Gasteiger partial charge in [-0.3, -0.25) is 19.6 Å². The van der Waals surface area contributed by atoms with Gasteiger partial charge in [0.2, 0.25) is 0 Å². The first-order valence-corrected chi connectivity index (χ1v) is 10.9. The van der Waals surface area contributed by atoms with Gasteiger partial charge in [-0.1, -0.05) is 30.3 Å². The molecule has 174 valence electrons. The number of carbonyl (C=O) groups is 1.